The van der Waals surface area contributed by atoms with Crippen molar-refractivity contribution in [2.24, 2.45) is 0 Å². The van der Waals surface area contributed by atoms with Gasteiger partial charge in [0.25, 0.3) is 15.9 Å². The van der Waals surface area contributed by atoms with Crippen molar-refractivity contribution in [3.63, 3.8) is 0 Å². The van der Waals surface area contributed by atoms with Gasteiger partial charge in [-0.2, -0.15) is 0 Å². The zero-order valence-corrected chi connectivity index (χ0v) is 18.9. The number of carbonyl (C=O) groups excluding carboxylic acids is 1. The second-order valence-electron chi connectivity index (χ2n) is 7.33. The Hall–Kier alpha value is -2.46. The maximum absolute atomic E-state index is 12.8. The van der Waals surface area contributed by atoms with Crippen LogP contribution in [0.3, 0.4) is 0 Å². The van der Waals surface area contributed by atoms with Crippen LogP contribution in [0, 0.1) is 0 Å². The van der Waals surface area contributed by atoms with Crippen LogP contribution in [-0.4, -0.2) is 64.6 Å². The molecule has 1 N–H and O–H groups in total. The van der Waals surface area contributed by atoms with Crippen LogP contribution in [0.1, 0.15) is 34.8 Å². The second kappa shape index (κ2) is 10.2. The number of rotatable bonds is 9. The van der Waals surface area contributed by atoms with E-state index in [-0.39, 0.29) is 16.8 Å². The summed E-state index contributed by atoms with van der Waals surface area (Å²) < 4.78 is 30.9. The molecule has 1 unspecified atom stereocenters. The predicted molar refractivity (Wildman–Crippen MR) is 117 cm³/mol. The van der Waals surface area contributed by atoms with Crippen molar-refractivity contribution in [1.29, 1.82) is 0 Å². The normalized spacial score (nSPS) is 15.7. The highest BCUT2D eigenvalue weighted by Gasteiger charge is 2.26. The molecule has 0 aliphatic carbocycles. The predicted octanol–water partition coefficient (Wildman–Crippen LogP) is 2.44. The van der Waals surface area contributed by atoms with Crippen molar-refractivity contribution in [2.75, 3.05) is 40.9 Å². The molecule has 0 spiro atoms. The minimum Gasteiger partial charge on any atom is -0.496 e. The lowest BCUT2D eigenvalue weighted by atomic mass is 10.0. The summed E-state index contributed by atoms with van der Waals surface area (Å²) in [5, 5.41) is 3.00. The standard InChI is InChI=1S/C22H29N3O5S/c1-24(30-3)31(27,28)18-12-10-17(11-13-18)22(26)23-16-20(25-14-6-7-15-25)19-8-4-5-9-21(19)29-2/h4-5,8-13,20H,6-7,14-16H2,1-3H3,(H,23,26). The number of para-hydroxylation sites is 1. The molecule has 0 radical (unpaired) electrons. The number of nitrogens with one attached hydrogen (secondary N) is 1. The minimum absolute atomic E-state index is 0.00222. The summed E-state index contributed by atoms with van der Waals surface area (Å²) in [5.41, 5.74) is 1.43. The minimum atomic E-state index is -3.75. The first kappa shape index (κ1) is 23.2. The lowest BCUT2D eigenvalue weighted by Crippen LogP contribution is -2.37. The molecule has 8 nitrogen and oxygen atoms in total. The van der Waals surface area contributed by atoms with Crippen molar-refractivity contribution in [1.82, 2.24) is 14.7 Å². The van der Waals surface area contributed by atoms with E-state index in [1.165, 1.54) is 38.4 Å². The highest BCUT2D eigenvalue weighted by atomic mass is 32.2. The van der Waals surface area contributed by atoms with E-state index >= 15 is 0 Å². The first-order valence-corrected chi connectivity index (χ1v) is 11.6. The summed E-state index contributed by atoms with van der Waals surface area (Å²) in [5.74, 6) is 0.536. The van der Waals surface area contributed by atoms with Gasteiger partial charge in [-0.3, -0.25) is 14.5 Å². The largest absolute Gasteiger partial charge is 0.496 e. The topological polar surface area (TPSA) is 88.2 Å². The van der Waals surface area contributed by atoms with E-state index in [4.69, 9.17) is 9.57 Å². The van der Waals surface area contributed by atoms with Crippen molar-refractivity contribution >= 4 is 15.9 Å². The van der Waals surface area contributed by atoms with Crippen LogP contribution in [-0.2, 0) is 14.9 Å². The van der Waals surface area contributed by atoms with Gasteiger partial charge in [0.2, 0.25) is 0 Å². The molecular formula is C22H29N3O5S. The SMILES string of the molecule is COc1ccccc1C(CNC(=O)c1ccc(S(=O)(=O)N(C)OC)cc1)N1CCCC1. The van der Waals surface area contributed by atoms with Gasteiger partial charge in [-0.1, -0.05) is 22.7 Å². The van der Waals surface area contributed by atoms with E-state index in [1.807, 2.05) is 24.3 Å². The summed E-state index contributed by atoms with van der Waals surface area (Å²) in [6.07, 6.45) is 2.26. The first-order chi connectivity index (χ1) is 14.9. The smallest absolute Gasteiger partial charge is 0.264 e. The Morgan fingerprint density at radius 1 is 1.10 bits per heavy atom. The van der Waals surface area contributed by atoms with Gasteiger partial charge in [-0.25, -0.2) is 8.42 Å². The van der Waals surface area contributed by atoms with Crippen LogP contribution >= 0.6 is 0 Å². The average molecular weight is 448 g/mol. The molecule has 1 amide bonds. The van der Waals surface area contributed by atoms with Gasteiger partial charge in [0, 0.05) is 24.7 Å². The van der Waals surface area contributed by atoms with Gasteiger partial charge in [0.05, 0.1) is 25.2 Å². The van der Waals surface area contributed by atoms with E-state index in [0.717, 1.165) is 41.7 Å². The molecule has 9 heteroatoms. The molecule has 0 saturated carbocycles. The number of hydrogen-bond donors (Lipinski definition) is 1. The lowest BCUT2D eigenvalue weighted by Gasteiger charge is -2.29. The Balaban J connectivity index is 1.74. The molecule has 2 aromatic rings. The number of likely N-dealkylation sites (tertiary alicyclic amines) is 1. The number of benzene rings is 2. The summed E-state index contributed by atoms with van der Waals surface area (Å²) in [6.45, 7) is 2.36. The first-order valence-electron chi connectivity index (χ1n) is 10.2. The number of ether oxygens (including phenoxy) is 1. The van der Waals surface area contributed by atoms with Crippen LogP contribution < -0.4 is 10.1 Å². The number of amides is 1. The Morgan fingerprint density at radius 2 is 1.74 bits per heavy atom. The van der Waals surface area contributed by atoms with E-state index in [2.05, 4.69) is 10.2 Å². The molecule has 2 aromatic carbocycles. The molecule has 3 rings (SSSR count). The van der Waals surface area contributed by atoms with E-state index in [1.54, 1.807) is 7.11 Å². The van der Waals surface area contributed by atoms with Crippen LogP contribution in [0.4, 0.5) is 0 Å². The van der Waals surface area contributed by atoms with Gasteiger partial charge in [0.15, 0.2) is 0 Å². The average Bonchev–Trinajstić information content (AvgIpc) is 3.33. The molecule has 1 heterocycles. The fourth-order valence-corrected chi connectivity index (χ4v) is 4.72. The van der Waals surface area contributed by atoms with Gasteiger partial charge in [-0.05, 0) is 56.3 Å². The zero-order chi connectivity index (χ0) is 22.4. The molecule has 1 saturated heterocycles. The quantitative estimate of drug-likeness (QED) is 0.594. The maximum atomic E-state index is 12.8. The number of carbonyl (C=O) groups is 1. The number of hydrogen-bond acceptors (Lipinski definition) is 6. The summed E-state index contributed by atoms with van der Waals surface area (Å²) in [4.78, 5) is 19.9. The highest BCUT2D eigenvalue weighted by Crippen LogP contribution is 2.31. The highest BCUT2D eigenvalue weighted by molar-refractivity contribution is 7.89. The third-order valence-electron chi connectivity index (χ3n) is 5.55. The fourth-order valence-electron chi connectivity index (χ4n) is 3.75. The van der Waals surface area contributed by atoms with Crippen molar-refractivity contribution in [2.45, 2.75) is 23.8 Å². The van der Waals surface area contributed by atoms with Crippen molar-refractivity contribution in [3.8, 4) is 5.75 Å². The summed E-state index contributed by atoms with van der Waals surface area (Å²) in [7, 11) is 0.482. The molecule has 0 bridgehead atoms. The number of methoxy groups -OCH3 is 1. The van der Waals surface area contributed by atoms with Gasteiger partial charge in [0.1, 0.15) is 5.75 Å². The number of hydroxylamine groups is 1. The van der Waals surface area contributed by atoms with E-state index in [0.29, 0.717) is 12.1 Å². The summed E-state index contributed by atoms with van der Waals surface area (Å²) in [6, 6.07) is 13.7. The monoisotopic (exact) mass is 447 g/mol. The third-order valence-corrected chi connectivity index (χ3v) is 7.24. The number of sulfonamides is 1. The van der Waals surface area contributed by atoms with Crippen molar-refractivity contribution in [3.05, 3.63) is 59.7 Å². The van der Waals surface area contributed by atoms with Crippen LogP contribution in [0.5, 0.6) is 5.75 Å². The van der Waals surface area contributed by atoms with E-state index < -0.39 is 10.0 Å². The molecule has 0 aromatic heterocycles. The Kier molecular flexibility index (Phi) is 7.66. The van der Waals surface area contributed by atoms with Crippen LogP contribution in [0.2, 0.25) is 0 Å². The Morgan fingerprint density at radius 3 is 2.35 bits per heavy atom. The molecular weight excluding hydrogens is 418 g/mol. The lowest BCUT2D eigenvalue weighted by molar-refractivity contribution is -0.0258. The molecule has 31 heavy (non-hydrogen) atoms. The van der Waals surface area contributed by atoms with Gasteiger partial charge < -0.3 is 10.1 Å². The fraction of sp³-hybridized carbons (Fsp3) is 0.409. The van der Waals surface area contributed by atoms with Gasteiger partial charge >= 0.3 is 0 Å². The Bertz CT molecular complexity index is 988. The van der Waals surface area contributed by atoms with Gasteiger partial charge in [-0.15, -0.1) is 0 Å². The summed E-state index contributed by atoms with van der Waals surface area (Å²) >= 11 is 0. The second-order valence-corrected chi connectivity index (χ2v) is 9.27. The molecule has 1 aliphatic rings. The Labute approximate surface area is 183 Å². The molecule has 1 atom stereocenters. The van der Waals surface area contributed by atoms with Crippen LogP contribution in [0.15, 0.2) is 53.4 Å². The van der Waals surface area contributed by atoms with Crippen molar-refractivity contribution < 1.29 is 22.8 Å². The molecule has 1 fully saturated rings. The maximum Gasteiger partial charge on any atom is 0.264 e. The number of nitrogens with zero attached hydrogens (tertiary/aromatic N) is 2. The third kappa shape index (κ3) is 5.24. The molecule has 1 aliphatic heterocycles. The van der Waals surface area contributed by atoms with E-state index in [9.17, 15) is 13.2 Å². The van der Waals surface area contributed by atoms with Crippen LogP contribution in [0.25, 0.3) is 0 Å². The zero-order valence-electron chi connectivity index (χ0n) is 18.1. The molecule has 168 valence electrons.